The number of aromatic nitrogens is 1. The van der Waals surface area contributed by atoms with Crippen molar-refractivity contribution in [3.05, 3.63) is 10.4 Å². The van der Waals surface area contributed by atoms with Crippen LogP contribution >= 0.6 is 26.5 Å². The lowest BCUT2D eigenvalue weighted by atomic mass is 10.5. The van der Waals surface area contributed by atoms with Gasteiger partial charge in [-0.25, -0.2) is 4.98 Å². The maximum absolute atomic E-state index is 10.9. The Morgan fingerprint density at radius 1 is 1.31 bits per heavy atom. The van der Waals surface area contributed by atoms with Crippen LogP contribution in [0.25, 0.3) is 0 Å². The normalized spacial score (nSPS) is 13.1. The average Bonchev–Trinajstić information content (AvgIpc) is 2.42. The lowest BCUT2D eigenvalue weighted by molar-refractivity contribution is 0.343. The Bertz CT molecular complexity index is 441. The summed E-state index contributed by atoms with van der Waals surface area (Å²) in [6, 6.07) is 0. The number of rotatable bonds is 4. The molecule has 92 valence electrons. The minimum absolute atomic E-state index is 0.0571. The highest BCUT2D eigenvalue weighted by molar-refractivity contribution is 7.71. The minimum atomic E-state index is -4.97. The summed E-state index contributed by atoms with van der Waals surface area (Å²) < 4.78 is 21.9. The van der Waals surface area contributed by atoms with Gasteiger partial charge in [-0.15, -0.1) is 11.3 Å². The van der Waals surface area contributed by atoms with Crippen molar-refractivity contribution in [3.63, 3.8) is 0 Å². The van der Waals surface area contributed by atoms with Gasteiger partial charge in [0.15, 0.2) is 0 Å². The summed E-state index contributed by atoms with van der Waals surface area (Å²) in [5.74, 6) is 0.0571. The zero-order valence-corrected chi connectivity index (χ0v) is 10.6. The molecule has 0 aliphatic carbocycles. The Balaban J connectivity index is 3.03. The van der Waals surface area contributed by atoms with Crippen molar-refractivity contribution < 1.29 is 28.7 Å². The van der Waals surface area contributed by atoms with E-state index < -0.39 is 20.7 Å². The molecule has 0 bridgehead atoms. The van der Waals surface area contributed by atoms with Crippen molar-refractivity contribution >= 4 is 32.3 Å². The van der Waals surface area contributed by atoms with Crippen molar-refractivity contribution in [3.8, 4) is 0 Å². The summed E-state index contributed by atoms with van der Waals surface area (Å²) in [6.07, 6.45) is 0. The van der Waals surface area contributed by atoms with Crippen molar-refractivity contribution in [2.75, 3.05) is 5.32 Å². The molecule has 1 heterocycles. The fourth-order valence-electron chi connectivity index (χ4n) is 0.930. The van der Waals surface area contributed by atoms with Gasteiger partial charge in [0.05, 0.1) is 5.51 Å². The van der Waals surface area contributed by atoms with Crippen LogP contribution in [-0.4, -0.2) is 30.1 Å². The van der Waals surface area contributed by atoms with Gasteiger partial charge in [0.1, 0.15) is 5.82 Å². The van der Waals surface area contributed by atoms with Gasteiger partial charge in [-0.1, -0.05) is 0 Å². The maximum atomic E-state index is 10.9. The van der Waals surface area contributed by atoms with E-state index in [1.54, 1.807) is 6.92 Å². The van der Waals surface area contributed by atoms with E-state index >= 15 is 0 Å². The number of nitrogens with one attached hydrogen (secondary N) is 1. The van der Waals surface area contributed by atoms with Crippen LogP contribution in [-0.2, 0) is 9.13 Å². The number of anilines is 1. The van der Waals surface area contributed by atoms with Crippen LogP contribution in [0.2, 0.25) is 0 Å². The lowest BCUT2D eigenvalue weighted by Crippen LogP contribution is -2.20. The first kappa shape index (κ1) is 13.8. The molecule has 0 aromatic carbocycles. The molecule has 0 fully saturated rings. The van der Waals surface area contributed by atoms with Gasteiger partial charge in [0, 0.05) is 4.88 Å². The molecule has 8 nitrogen and oxygen atoms in total. The van der Waals surface area contributed by atoms with Crippen molar-refractivity contribution in [2.24, 2.45) is 0 Å². The summed E-state index contributed by atoms with van der Waals surface area (Å²) in [6.45, 7) is 1.61. The van der Waals surface area contributed by atoms with Gasteiger partial charge in [-0.2, -0.15) is 0 Å². The van der Waals surface area contributed by atoms with E-state index in [9.17, 15) is 9.13 Å². The Labute approximate surface area is 94.7 Å². The van der Waals surface area contributed by atoms with Crippen molar-refractivity contribution in [2.45, 2.75) is 12.4 Å². The highest BCUT2D eigenvalue weighted by atomic mass is 32.1. The van der Waals surface area contributed by atoms with Crippen LogP contribution < -0.4 is 5.32 Å². The van der Waals surface area contributed by atoms with E-state index in [0.717, 1.165) is 0 Å². The molecule has 1 aromatic heterocycles. The van der Waals surface area contributed by atoms with Gasteiger partial charge in [0.2, 0.25) is 5.52 Å². The second-order valence-corrected chi connectivity index (χ2v) is 7.81. The quantitative estimate of drug-likeness (QED) is 0.504. The smallest absolute Gasteiger partial charge is 0.346 e. The Hall–Kier alpha value is -0.270. The molecule has 0 unspecified atom stereocenters. The molecule has 11 heteroatoms. The minimum Gasteiger partial charge on any atom is -0.346 e. The molecule has 0 spiro atoms. The standard InChI is InChI=1S/C5H10N2O6P2S/c1-3-4(6-2-16-3)7-5(14(8,9)10)15(11,12)13/h2,5,7H,1H3,(H2,8,9,10)(H2,11,12,13). The number of hydrogen-bond donors (Lipinski definition) is 5. The predicted octanol–water partition coefficient (Wildman–Crippen LogP) is 0.502. The van der Waals surface area contributed by atoms with Gasteiger partial charge in [0.25, 0.3) is 0 Å². The molecule has 0 saturated carbocycles. The van der Waals surface area contributed by atoms with Crippen LogP contribution in [0.15, 0.2) is 5.51 Å². The van der Waals surface area contributed by atoms with Crippen LogP contribution in [0.1, 0.15) is 4.88 Å². The van der Waals surface area contributed by atoms with Gasteiger partial charge < -0.3 is 24.9 Å². The zero-order valence-electron chi connectivity index (χ0n) is 8.01. The first-order chi connectivity index (χ1) is 7.12. The van der Waals surface area contributed by atoms with Crippen LogP contribution in [0.5, 0.6) is 0 Å². The maximum Gasteiger partial charge on any atom is 0.360 e. The number of hydrogen-bond acceptors (Lipinski definition) is 5. The molecular formula is C5H10N2O6P2S. The summed E-state index contributed by atoms with van der Waals surface area (Å²) in [7, 11) is -9.94. The third-order valence-corrected chi connectivity index (χ3v) is 5.74. The highest BCUT2D eigenvalue weighted by Crippen LogP contribution is 2.59. The van der Waals surface area contributed by atoms with Crippen LogP contribution in [0, 0.1) is 6.92 Å². The van der Waals surface area contributed by atoms with Crippen LogP contribution in [0.3, 0.4) is 0 Å². The molecule has 0 aliphatic rings. The first-order valence-corrected chi connectivity index (χ1v) is 8.13. The molecule has 0 atom stereocenters. The molecule has 16 heavy (non-hydrogen) atoms. The van der Waals surface area contributed by atoms with Gasteiger partial charge in [-0.05, 0) is 6.92 Å². The molecular weight excluding hydrogens is 278 g/mol. The first-order valence-electron chi connectivity index (χ1n) is 3.89. The molecule has 0 amide bonds. The third-order valence-electron chi connectivity index (χ3n) is 1.65. The largest absolute Gasteiger partial charge is 0.360 e. The van der Waals surface area contributed by atoms with E-state index in [1.807, 2.05) is 0 Å². The fraction of sp³-hybridized carbons (Fsp3) is 0.400. The molecule has 0 radical (unpaired) electrons. The van der Waals surface area contributed by atoms with Gasteiger partial charge in [-0.3, -0.25) is 9.13 Å². The van der Waals surface area contributed by atoms with E-state index in [0.29, 0.717) is 4.88 Å². The Kier molecular flexibility index (Phi) is 3.91. The second-order valence-electron chi connectivity index (χ2n) is 2.95. The second kappa shape index (κ2) is 4.54. The van der Waals surface area contributed by atoms with Crippen molar-refractivity contribution in [1.29, 1.82) is 0 Å². The van der Waals surface area contributed by atoms with E-state index in [2.05, 4.69) is 10.3 Å². The summed E-state index contributed by atoms with van der Waals surface area (Å²) in [5, 5.41) is 2.08. The monoisotopic (exact) mass is 288 g/mol. The molecule has 0 aliphatic heterocycles. The topological polar surface area (TPSA) is 140 Å². The highest BCUT2D eigenvalue weighted by Gasteiger charge is 2.44. The zero-order chi connectivity index (χ0) is 12.6. The Morgan fingerprint density at radius 3 is 2.12 bits per heavy atom. The SMILES string of the molecule is Cc1scnc1NC(P(=O)(O)O)P(=O)(O)O. The number of aryl methyl sites for hydroxylation is 1. The molecule has 1 rings (SSSR count). The van der Waals surface area contributed by atoms with Crippen molar-refractivity contribution in [1.82, 2.24) is 4.98 Å². The fourth-order valence-corrected chi connectivity index (χ4v) is 3.62. The molecule has 0 saturated heterocycles. The van der Waals surface area contributed by atoms with E-state index in [4.69, 9.17) is 19.6 Å². The summed E-state index contributed by atoms with van der Waals surface area (Å²) in [5.41, 5.74) is -0.866. The lowest BCUT2D eigenvalue weighted by Gasteiger charge is -2.20. The van der Waals surface area contributed by atoms with Crippen LogP contribution in [0.4, 0.5) is 5.82 Å². The molecule has 5 N–H and O–H groups in total. The summed E-state index contributed by atoms with van der Waals surface area (Å²) in [4.78, 5) is 39.6. The average molecular weight is 288 g/mol. The molecule has 1 aromatic rings. The predicted molar refractivity (Wildman–Crippen MR) is 58.3 cm³/mol. The number of nitrogens with zero attached hydrogens (tertiary/aromatic N) is 1. The number of thiazole rings is 1. The van der Waals surface area contributed by atoms with Gasteiger partial charge >= 0.3 is 15.2 Å². The third kappa shape index (κ3) is 3.36. The van der Waals surface area contributed by atoms with E-state index in [1.165, 1.54) is 16.8 Å². The van der Waals surface area contributed by atoms with E-state index in [-0.39, 0.29) is 5.82 Å². The summed E-state index contributed by atoms with van der Waals surface area (Å²) >= 11 is 1.19. The Morgan fingerprint density at radius 2 is 1.81 bits per heavy atom.